The van der Waals surface area contributed by atoms with Gasteiger partial charge in [-0.2, -0.15) is 0 Å². The quantitative estimate of drug-likeness (QED) is 0.583. The number of rotatable bonds is 4. The highest BCUT2D eigenvalue weighted by atomic mass is 79.9. The minimum Gasteiger partial charge on any atom is -0.313 e. The molecule has 0 atom stereocenters. The molecule has 0 unspecified atom stereocenters. The van der Waals surface area contributed by atoms with Crippen LogP contribution < -0.4 is 16.0 Å². The number of hydrogen-bond acceptors (Lipinski definition) is 6. The lowest BCUT2D eigenvalue weighted by Gasteiger charge is -2.03. The molecule has 2 heterocycles. The van der Waals surface area contributed by atoms with E-state index in [0.717, 1.165) is 27.6 Å². The van der Waals surface area contributed by atoms with Gasteiger partial charge in [-0.25, -0.2) is 18.2 Å². The molecule has 8 nitrogen and oxygen atoms in total. The first-order valence-electron chi connectivity index (χ1n) is 6.41. The zero-order valence-corrected chi connectivity index (χ0v) is 15.0. The summed E-state index contributed by atoms with van der Waals surface area (Å²) >= 11 is 4.42. The molecule has 0 saturated carbocycles. The van der Waals surface area contributed by atoms with Gasteiger partial charge in [-0.1, -0.05) is 28.1 Å². The van der Waals surface area contributed by atoms with Crippen molar-refractivity contribution in [3.63, 3.8) is 0 Å². The fourth-order valence-electron chi connectivity index (χ4n) is 1.84. The fraction of sp³-hybridized carbons (Fsp3) is 0. The number of hydrogen-bond donors (Lipinski definition) is 3. The van der Waals surface area contributed by atoms with Crippen molar-refractivity contribution in [2.45, 2.75) is 4.90 Å². The monoisotopic (exact) mass is 428 g/mol. The molecular formula is C13H9BrN4O4S2. The van der Waals surface area contributed by atoms with Gasteiger partial charge in [-0.15, -0.1) is 11.3 Å². The molecule has 0 bridgehead atoms. The maximum atomic E-state index is 12.2. The Bertz CT molecular complexity index is 1100. The van der Waals surface area contributed by atoms with E-state index in [2.05, 4.69) is 30.6 Å². The Balaban J connectivity index is 1.90. The van der Waals surface area contributed by atoms with Crippen molar-refractivity contribution in [1.29, 1.82) is 0 Å². The summed E-state index contributed by atoms with van der Waals surface area (Å²) in [6, 6.07) is 7.37. The molecule has 0 aliphatic carbocycles. The van der Waals surface area contributed by atoms with Crippen LogP contribution in [0.15, 0.2) is 54.8 Å². The highest BCUT2D eigenvalue weighted by Gasteiger charge is 2.20. The van der Waals surface area contributed by atoms with E-state index >= 15 is 0 Å². The largest absolute Gasteiger partial charge is 0.325 e. The van der Waals surface area contributed by atoms with Crippen LogP contribution in [0.3, 0.4) is 0 Å². The van der Waals surface area contributed by atoms with E-state index in [1.54, 1.807) is 5.38 Å². The van der Waals surface area contributed by atoms with Gasteiger partial charge in [0.2, 0.25) is 0 Å². The summed E-state index contributed by atoms with van der Waals surface area (Å²) in [6.07, 6.45) is 0.840. The van der Waals surface area contributed by atoms with Crippen LogP contribution in [0.5, 0.6) is 0 Å². The number of aromatic amines is 2. The minimum absolute atomic E-state index is 0.110. The van der Waals surface area contributed by atoms with Crippen LogP contribution in [-0.4, -0.2) is 23.4 Å². The zero-order valence-electron chi connectivity index (χ0n) is 11.7. The summed E-state index contributed by atoms with van der Waals surface area (Å²) in [5.74, 6) is 0. The number of anilines is 1. The molecule has 0 amide bonds. The lowest BCUT2D eigenvalue weighted by Crippen LogP contribution is -2.29. The Hall–Kier alpha value is -2.24. The molecule has 3 aromatic rings. The summed E-state index contributed by atoms with van der Waals surface area (Å²) in [7, 11) is -4.16. The first-order valence-corrected chi connectivity index (χ1v) is 9.57. The van der Waals surface area contributed by atoms with Gasteiger partial charge in [0.05, 0.1) is 5.69 Å². The maximum Gasteiger partial charge on any atom is 0.325 e. The van der Waals surface area contributed by atoms with Gasteiger partial charge < -0.3 is 4.98 Å². The highest BCUT2D eigenvalue weighted by molar-refractivity contribution is 9.10. The Kier molecular flexibility index (Phi) is 4.39. The molecule has 0 fully saturated rings. The lowest BCUT2D eigenvalue weighted by molar-refractivity contribution is 0.599. The van der Waals surface area contributed by atoms with Crippen molar-refractivity contribution in [3.8, 4) is 11.3 Å². The second-order valence-electron chi connectivity index (χ2n) is 4.59. The number of nitrogens with one attached hydrogen (secondary N) is 3. The van der Waals surface area contributed by atoms with Crippen molar-refractivity contribution >= 4 is 42.4 Å². The fourth-order valence-corrected chi connectivity index (χ4v) is 4.08. The third-order valence-corrected chi connectivity index (χ3v) is 5.70. The second-order valence-corrected chi connectivity index (χ2v) is 8.01. The third-order valence-electron chi connectivity index (χ3n) is 2.94. The minimum atomic E-state index is -4.16. The van der Waals surface area contributed by atoms with Crippen molar-refractivity contribution in [2.24, 2.45) is 0 Å². The Morgan fingerprint density at radius 2 is 1.88 bits per heavy atom. The Morgan fingerprint density at radius 3 is 2.54 bits per heavy atom. The Labute approximate surface area is 147 Å². The summed E-state index contributed by atoms with van der Waals surface area (Å²) in [4.78, 5) is 30.2. The van der Waals surface area contributed by atoms with E-state index in [9.17, 15) is 18.0 Å². The van der Waals surface area contributed by atoms with Crippen LogP contribution in [-0.2, 0) is 10.0 Å². The molecule has 11 heteroatoms. The summed E-state index contributed by atoms with van der Waals surface area (Å²) in [5.41, 5.74) is -0.371. The standard InChI is InChI=1S/C13H9BrN4O4S2/c14-8-3-1-7(2-4-8)9-6-23-13(16-9)18-24(21,22)10-5-15-12(20)17-11(10)19/h1-6H,(H,16,18)(H2,15,17,19,20). The van der Waals surface area contributed by atoms with E-state index in [1.165, 1.54) is 0 Å². The van der Waals surface area contributed by atoms with Crippen molar-refractivity contribution in [2.75, 3.05) is 4.72 Å². The average Bonchev–Trinajstić information content (AvgIpc) is 2.95. The van der Waals surface area contributed by atoms with Gasteiger partial charge in [-0.05, 0) is 12.1 Å². The number of H-pyrrole nitrogens is 2. The molecule has 0 aliphatic rings. The molecular weight excluding hydrogens is 420 g/mol. The summed E-state index contributed by atoms with van der Waals surface area (Å²) in [5, 5.41) is 1.80. The molecule has 0 saturated heterocycles. The Morgan fingerprint density at radius 1 is 1.17 bits per heavy atom. The van der Waals surface area contributed by atoms with Crippen LogP contribution in [0.1, 0.15) is 0 Å². The summed E-state index contributed by atoms with van der Waals surface area (Å²) in [6.45, 7) is 0. The van der Waals surface area contributed by atoms with E-state index in [4.69, 9.17) is 0 Å². The van der Waals surface area contributed by atoms with Crippen molar-refractivity contribution in [3.05, 3.63) is 61.2 Å². The first-order chi connectivity index (χ1) is 11.3. The molecule has 124 valence electrons. The number of benzene rings is 1. The van der Waals surface area contributed by atoms with Gasteiger partial charge >= 0.3 is 5.69 Å². The number of aromatic nitrogens is 3. The van der Waals surface area contributed by atoms with Crippen LogP contribution in [0, 0.1) is 0 Å². The number of thiazole rings is 1. The van der Waals surface area contributed by atoms with Gasteiger partial charge in [0, 0.05) is 21.6 Å². The molecule has 3 N–H and O–H groups in total. The number of halogens is 1. The van der Waals surface area contributed by atoms with Crippen LogP contribution in [0.2, 0.25) is 0 Å². The van der Waals surface area contributed by atoms with Crippen LogP contribution in [0.4, 0.5) is 5.13 Å². The van der Waals surface area contributed by atoms with Crippen LogP contribution >= 0.6 is 27.3 Å². The van der Waals surface area contributed by atoms with E-state index in [0.29, 0.717) is 5.69 Å². The summed E-state index contributed by atoms with van der Waals surface area (Å²) < 4.78 is 27.6. The van der Waals surface area contributed by atoms with Crippen LogP contribution in [0.25, 0.3) is 11.3 Å². The SMILES string of the molecule is O=c1[nH]cc(S(=O)(=O)Nc2nc(-c3ccc(Br)cc3)cs2)c(=O)[nH]1. The smallest absolute Gasteiger partial charge is 0.313 e. The maximum absolute atomic E-state index is 12.2. The first kappa shape index (κ1) is 16.6. The lowest BCUT2D eigenvalue weighted by atomic mass is 10.2. The van der Waals surface area contributed by atoms with Gasteiger partial charge in [0.1, 0.15) is 0 Å². The predicted octanol–water partition coefficient (Wildman–Crippen LogP) is 1.75. The normalized spacial score (nSPS) is 11.4. The number of nitrogens with zero attached hydrogens (tertiary/aromatic N) is 1. The molecule has 0 radical (unpaired) electrons. The molecule has 0 aliphatic heterocycles. The highest BCUT2D eigenvalue weighted by Crippen LogP contribution is 2.27. The zero-order chi connectivity index (χ0) is 17.3. The van der Waals surface area contributed by atoms with E-state index in [-0.39, 0.29) is 5.13 Å². The third kappa shape index (κ3) is 3.47. The predicted molar refractivity (Wildman–Crippen MR) is 93.7 cm³/mol. The van der Waals surface area contributed by atoms with Crippen molar-refractivity contribution < 1.29 is 8.42 Å². The molecule has 2 aromatic heterocycles. The van der Waals surface area contributed by atoms with E-state index < -0.39 is 26.2 Å². The molecule has 3 rings (SSSR count). The topological polar surface area (TPSA) is 125 Å². The second kappa shape index (κ2) is 6.34. The number of sulfonamides is 1. The van der Waals surface area contributed by atoms with Crippen molar-refractivity contribution in [1.82, 2.24) is 15.0 Å². The van der Waals surface area contributed by atoms with E-state index in [1.807, 2.05) is 29.2 Å². The van der Waals surface area contributed by atoms with Gasteiger partial charge in [0.25, 0.3) is 15.6 Å². The molecule has 24 heavy (non-hydrogen) atoms. The average molecular weight is 429 g/mol. The molecule has 1 aromatic carbocycles. The van der Waals surface area contributed by atoms with Gasteiger partial charge in [-0.3, -0.25) is 14.5 Å². The van der Waals surface area contributed by atoms with Gasteiger partial charge in [0.15, 0.2) is 10.0 Å². The molecule has 0 spiro atoms.